The highest BCUT2D eigenvalue weighted by atomic mass is 35.5. The number of hydrazine groups is 1. The van der Waals surface area contributed by atoms with Gasteiger partial charge in [0.1, 0.15) is 5.88 Å². The largest absolute Gasteiger partial charge is 0.280 e. The molecule has 0 fully saturated rings. The molecule has 0 radical (unpaired) electrons. The summed E-state index contributed by atoms with van der Waals surface area (Å²) in [6, 6.07) is 1.64. The molecule has 0 saturated heterocycles. The summed E-state index contributed by atoms with van der Waals surface area (Å²) >= 11 is 5.28. The molecule has 0 bridgehead atoms. The third-order valence-electron chi connectivity index (χ3n) is 2.30. The quantitative estimate of drug-likeness (QED) is 0.537. The van der Waals surface area contributed by atoms with Crippen LogP contribution in [-0.2, 0) is 4.79 Å². The highest BCUT2D eigenvalue weighted by molar-refractivity contribution is 6.27. The zero-order valence-electron chi connectivity index (χ0n) is 9.45. The summed E-state index contributed by atoms with van der Waals surface area (Å²) in [5, 5.41) is 7.48. The highest BCUT2D eigenvalue weighted by Gasteiger charge is 2.10. The lowest BCUT2D eigenvalue weighted by Crippen LogP contribution is -2.42. The van der Waals surface area contributed by atoms with Crippen LogP contribution in [-0.4, -0.2) is 32.9 Å². The molecular weight excluding hydrogens is 258 g/mol. The van der Waals surface area contributed by atoms with Gasteiger partial charge in [0.25, 0.3) is 11.8 Å². The van der Waals surface area contributed by atoms with Crippen molar-refractivity contribution in [2.75, 3.05) is 5.88 Å². The van der Waals surface area contributed by atoms with Gasteiger partial charge >= 0.3 is 0 Å². The smallest absolute Gasteiger partial charge is 0.271 e. The average Bonchev–Trinajstić information content (AvgIpc) is 2.76. The van der Waals surface area contributed by atoms with Gasteiger partial charge in [0.15, 0.2) is 5.65 Å². The van der Waals surface area contributed by atoms with Gasteiger partial charge < -0.3 is 0 Å². The minimum absolute atomic E-state index is 0.224. The van der Waals surface area contributed by atoms with Crippen molar-refractivity contribution in [2.45, 2.75) is 6.92 Å². The van der Waals surface area contributed by atoms with Gasteiger partial charge in [-0.25, -0.2) is 4.98 Å². The van der Waals surface area contributed by atoms with E-state index in [1.54, 1.807) is 6.07 Å². The molecule has 0 aromatic carbocycles. The normalized spacial score (nSPS) is 10.3. The molecule has 18 heavy (non-hydrogen) atoms. The van der Waals surface area contributed by atoms with Crippen LogP contribution in [0.3, 0.4) is 0 Å². The van der Waals surface area contributed by atoms with E-state index in [0.29, 0.717) is 11.2 Å². The number of hydrogen-bond acceptors (Lipinski definition) is 4. The van der Waals surface area contributed by atoms with E-state index in [9.17, 15) is 9.59 Å². The van der Waals surface area contributed by atoms with Gasteiger partial charge in [-0.1, -0.05) is 0 Å². The van der Waals surface area contributed by atoms with E-state index in [2.05, 4.69) is 26.0 Å². The number of aryl methyl sites for hydroxylation is 1. The lowest BCUT2D eigenvalue weighted by Gasteiger charge is -2.05. The zero-order valence-corrected chi connectivity index (χ0v) is 10.2. The topological polar surface area (TPSA) is 99.8 Å². The minimum atomic E-state index is -0.487. The fourth-order valence-electron chi connectivity index (χ4n) is 1.38. The number of pyridine rings is 1. The van der Waals surface area contributed by atoms with Crippen molar-refractivity contribution in [3.8, 4) is 0 Å². The van der Waals surface area contributed by atoms with E-state index in [-0.39, 0.29) is 5.88 Å². The van der Waals surface area contributed by atoms with Crippen molar-refractivity contribution in [1.29, 1.82) is 0 Å². The number of H-pyrrole nitrogens is 1. The van der Waals surface area contributed by atoms with Crippen LogP contribution < -0.4 is 10.9 Å². The van der Waals surface area contributed by atoms with Crippen molar-refractivity contribution in [3.05, 3.63) is 23.5 Å². The summed E-state index contributed by atoms with van der Waals surface area (Å²) < 4.78 is 0. The second-order valence-electron chi connectivity index (χ2n) is 3.58. The molecule has 0 unspecified atom stereocenters. The first kappa shape index (κ1) is 12.3. The Hall–Kier alpha value is -2.15. The van der Waals surface area contributed by atoms with Crippen molar-refractivity contribution < 1.29 is 9.59 Å². The van der Waals surface area contributed by atoms with E-state index in [0.717, 1.165) is 11.1 Å². The van der Waals surface area contributed by atoms with Crippen LogP contribution in [0.2, 0.25) is 0 Å². The molecule has 2 rings (SSSR count). The monoisotopic (exact) mass is 267 g/mol. The summed E-state index contributed by atoms with van der Waals surface area (Å²) in [4.78, 5) is 26.6. The van der Waals surface area contributed by atoms with Crippen LogP contribution in [0.25, 0.3) is 11.0 Å². The Morgan fingerprint density at radius 1 is 1.44 bits per heavy atom. The predicted octanol–water partition coefficient (Wildman–Crippen LogP) is 0.266. The first-order chi connectivity index (χ1) is 8.61. The van der Waals surface area contributed by atoms with Crippen LogP contribution in [0.15, 0.2) is 12.3 Å². The van der Waals surface area contributed by atoms with Crippen LogP contribution in [0.4, 0.5) is 0 Å². The number of carbonyl (C=O) groups is 2. The number of nitrogens with zero attached hydrogens (tertiary/aromatic N) is 2. The van der Waals surface area contributed by atoms with E-state index >= 15 is 0 Å². The number of alkyl halides is 1. The number of carbonyl (C=O) groups excluding carboxylic acids is 2. The second-order valence-corrected chi connectivity index (χ2v) is 3.85. The second kappa shape index (κ2) is 5.01. The van der Waals surface area contributed by atoms with E-state index in [4.69, 9.17) is 11.6 Å². The molecule has 0 aliphatic heterocycles. The molecule has 0 atom stereocenters. The Bertz CT molecular complexity index is 609. The van der Waals surface area contributed by atoms with Crippen LogP contribution in [0.1, 0.15) is 16.1 Å². The van der Waals surface area contributed by atoms with Gasteiger partial charge in [-0.3, -0.25) is 25.5 Å². The SMILES string of the molecule is Cc1[nH]nc2ncc(C(=O)NNC(=O)CCl)cc12. The molecule has 8 heteroatoms. The Labute approximate surface area is 107 Å². The van der Waals surface area contributed by atoms with Crippen LogP contribution in [0, 0.1) is 6.92 Å². The molecule has 94 valence electrons. The van der Waals surface area contributed by atoms with Gasteiger partial charge in [-0.2, -0.15) is 5.10 Å². The predicted molar refractivity (Wildman–Crippen MR) is 65.0 cm³/mol. The minimum Gasteiger partial charge on any atom is -0.280 e. The van der Waals surface area contributed by atoms with Crippen LogP contribution in [0.5, 0.6) is 0 Å². The van der Waals surface area contributed by atoms with Gasteiger partial charge in [0.2, 0.25) is 0 Å². The molecule has 2 aromatic rings. The number of rotatable bonds is 2. The molecule has 2 aromatic heterocycles. The standard InChI is InChI=1S/C10H10ClN5O2/c1-5-7-2-6(4-12-9(7)15-13-5)10(18)16-14-8(17)3-11/h2,4H,3H2,1H3,(H,14,17)(H,16,18)(H,12,13,15). The lowest BCUT2D eigenvalue weighted by molar-refractivity contribution is -0.119. The van der Waals surface area contributed by atoms with Crippen molar-refractivity contribution in [3.63, 3.8) is 0 Å². The van der Waals surface area contributed by atoms with Gasteiger partial charge in [-0.05, 0) is 13.0 Å². The summed E-state index contributed by atoms with van der Waals surface area (Å²) in [6.45, 7) is 1.83. The van der Waals surface area contributed by atoms with E-state index < -0.39 is 11.8 Å². The number of fused-ring (bicyclic) bond motifs is 1. The molecule has 2 amide bonds. The molecule has 2 heterocycles. The third-order valence-corrected chi connectivity index (χ3v) is 2.54. The summed E-state index contributed by atoms with van der Waals surface area (Å²) in [7, 11) is 0. The summed E-state index contributed by atoms with van der Waals surface area (Å²) in [6.07, 6.45) is 1.38. The van der Waals surface area contributed by atoms with Crippen LogP contribution >= 0.6 is 11.6 Å². The van der Waals surface area contributed by atoms with Gasteiger partial charge in [-0.15, -0.1) is 11.6 Å². The Morgan fingerprint density at radius 3 is 2.94 bits per heavy atom. The number of aromatic nitrogens is 3. The Kier molecular flexibility index (Phi) is 3.42. The van der Waals surface area contributed by atoms with Gasteiger partial charge in [0.05, 0.1) is 5.56 Å². The molecule has 7 nitrogen and oxygen atoms in total. The van der Waals surface area contributed by atoms with Crippen molar-refractivity contribution >= 4 is 34.4 Å². The van der Waals surface area contributed by atoms with Crippen molar-refractivity contribution in [1.82, 2.24) is 26.0 Å². The average molecular weight is 268 g/mol. The first-order valence-corrected chi connectivity index (χ1v) is 5.61. The fourth-order valence-corrected chi connectivity index (χ4v) is 1.44. The van der Waals surface area contributed by atoms with Crippen molar-refractivity contribution in [2.24, 2.45) is 0 Å². The Morgan fingerprint density at radius 2 is 2.22 bits per heavy atom. The first-order valence-electron chi connectivity index (χ1n) is 5.07. The molecular formula is C10H10ClN5O2. The summed E-state index contributed by atoms with van der Waals surface area (Å²) in [5.74, 6) is -1.18. The third kappa shape index (κ3) is 2.40. The molecule has 3 N–H and O–H groups in total. The number of halogens is 1. The molecule has 0 aliphatic rings. The molecule has 0 spiro atoms. The zero-order chi connectivity index (χ0) is 13.1. The maximum absolute atomic E-state index is 11.7. The number of aromatic amines is 1. The maximum Gasteiger partial charge on any atom is 0.271 e. The molecule has 0 saturated carbocycles. The lowest BCUT2D eigenvalue weighted by atomic mass is 10.2. The number of amides is 2. The number of nitrogens with one attached hydrogen (secondary N) is 3. The summed E-state index contributed by atoms with van der Waals surface area (Å²) in [5.41, 5.74) is 6.07. The highest BCUT2D eigenvalue weighted by Crippen LogP contribution is 2.14. The Balaban J connectivity index is 2.17. The maximum atomic E-state index is 11.7. The van der Waals surface area contributed by atoms with Gasteiger partial charge in [0, 0.05) is 17.3 Å². The van der Waals surface area contributed by atoms with E-state index in [1.165, 1.54) is 6.20 Å². The number of hydrogen-bond donors (Lipinski definition) is 3. The molecule has 0 aliphatic carbocycles. The van der Waals surface area contributed by atoms with E-state index in [1.807, 2.05) is 6.92 Å². The fraction of sp³-hybridized carbons (Fsp3) is 0.200.